The summed E-state index contributed by atoms with van der Waals surface area (Å²) in [5.41, 5.74) is 1.91. The summed E-state index contributed by atoms with van der Waals surface area (Å²) in [5, 5.41) is 5.59. The molecule has 1 aromatic heterocycles. The summed E-state index contributed by atoms with van der Waals surface area (Å²) in [4.78, 5) is 16.5. The fourth-order valence-electron chi connectivity index (χ4n) is 2.61. The first-order valence-corrected chi connectivity index (χ1v) is 10.8. The minimum Gasteiger partial charge on any atom is -0.374 e. The summed E-state index contributed by atoms with van der Waals surface area (Å²) in [5.74, 6) is -0.158. The second-order valence-electron chi connectivity index (χ2n) is 5.98. The number of nitrogens with zero attached hydrogens (tertiary/aromatic N) is 1. The Balaban J connectivity index is 1.47. The van der Waals surface area contributed by atoms with E-state index in [0.717, 1.165) is 17.1 Å². The van der Waals surface area contributed by atoms with Gasteiger partial charge in [0.2, 0.25) is 5.91 Å². The number of thiazole rings is 1. The first-order chi connectivity index (χ1) is 12.0. The summed E-state index contributed by atoms with van der Waals surface area (Å²) in [7, 11) is -3.05. The van der Waals surface area contributed by atoms with E-state index in [-0.39, 0.29) is 37.0 Å². The average Bonchev–Trinajstić information content (AvgIpc) is 3.00. The molecular formula is C17H20N2O4S2. The van der Waals surface area contributed by atoms with Gasteiger partial charge in [-0.3, -0.25) is 4.79 Å². The Morgan fingerprint density at radius 3 is 2.88 bits per heavy atom. The Bertz CT molecular complexity index is 818. The van der Waals surface area contributed by atoms with Crippen LogP contribution in [0.2, 0.25) is 0 Å². The van der Waals surface area contributed by atoms with Crippen LogP contribution in [0.25, 0.3) is 0 Å². The quantitative estimate of drug-likeness (QED) is 0.814. The van der Waals surface area contributed by atoms with E-state index in [4.69, 9.17) is 4.74 Å². The van der Waals surface area contributed by atoms with Crippen molar-refractivity contribution in [1.82, 2.24) is 10.3 Å². The maximum Gasteiger partial charge on any atom is 0.226 e. The number of sulfone groups is 1. The number of carbonyl (C=O) groups excluding carboxylic acids is 1. The van der Waals surface area contributed by atoms with Gasteiger partial charge in [0, 0.05) is 18.3 Å². The zero-order valence-corrected chi connectivity index (χ0v) is 15.3. The van der Waals surface area contributed by atoms with Crippen LogP contribution < -0.4 is 5.32 Å². The molecular weight excluding hydrogens is 360 g/mol. The van der Waals surface area contributed by atoms with Gasteiger partial charge in [0.25, 0.3) is 0 Å². The van der Waals surface area contributed by atoms with Gasteiger partial charge >= 0.3 is 0 Å². The van der Waals surface area contributed by atoms with Gasteiger partial charge in [0.15, 0.2) is 9.84 Å². The average molecular weight is 380 g/mol. The molecule has 3 rings (SSSR count). The van der Waals surface area contributed by atoms with Gasteiger partial charge in [-0.15, -0.1) is 11.3 Å². The lowest BCUT2D eigenvalue weighted by Crippen LogP contribution is -2.42. The molecule has 8 heteroatoms. The van der Waals surface area contributed by atoms with Crippen molar-refractivity contribution >= 4 is 27.1 Å². The van der Waals surface area contributed by atoms with Crippen LogP contribution in [-0.4, -0.2) is 50.1 Å². The summed E-state index contributed by atoms with van der Waals surface area (Å²) in [6.45, 7) is 0.400. The van der Waals surface area contributed by atoms with Gasteiger partial charge in [-0.05, 0) is 5.56 Å². The number of carbonyl (C=O) groups is 1. The van der Waals surface area contributed by atoms with Crippen LogP contribution >= 0.6 is 11.3 Å². The zero-order valence-electron chi connectivity index (χ0n) is 13.7. The second kappa shape index (κ2) is 8.07. The predicted octanol–water partition coefficient (Wildman–Crippen LogP) is 1.21. The minimum absolute atomic E-state index is 0.0365. The number of amides is 1. The van der Waals surface area contributed by atoms with E-state index in [2.05, 4.69) is 10.3 Å². The molecule has 1 atom stereocenters. The van der Waals surface area contributed by atoms with E-state index in [9.17, 15) is 13.2 Å². The van der Waals surface area contributed by atoms with Crippen molar-refractivity contribution in [3.63, 3.8) is 0 Å². The number of ether oxygens (including phenoxy) is 1. The van der Waals surface area contributed by atoms with Crippen LogP contribution in [0.1, 0.15) is 16.3 Å². The van der Waals surface area contributed by atoms with E-state index in [1.165, 1.54) is 16.9 Å². The molecule has 2 heterocycles. The molecule has 0 saturated carbocycles. The molecule has 0 aliphatic carbocycles. The van der Waals surface area contributed by atoms with E-state index < -0.39 is 15.9 Å². The molecule has 1 saturated heterocycles. The smallest absolute Gasteiger partial charge is 0.226 e. The number of benzene rings is 1. The molecule has 1 N–H and O–H groups in total. The van der Waals surface area contributed by atoms with E-state index in [1.54, 1.807) is 0 Å². The number of rotatable bonds is 6. The lowest BCUT2D eigenvalue weighted by molar-refractivity contribution is -0.121. The van der Waals surface area contributed by atoms with Gasteiger partial charge < -0.3 is 10.1 Å². The van der Waals surface area contributed by atoms with Gasteiger partial charge in [0.05, 0.1) is 41.3 Å². The third kappa shape index (κ3) is 5.62. The molecule has 0 spiro atoms. The summed E-state index contributed by atoms with van der Waals surface area (Å²) in [6.07, 6.45) is 0.470. The highest BCUT2D eigenvalue weighted by Gasteiger charge is 2.25. The second-order valence-corrected chi connectivity index (χ2v) is 9.15. The third-order valence-electron chi connectivity index (χ3n) is 3.85. The lowest BCUT2D eigenvalue weighted by Gasteiger charge is -2.22. The van der Waals surface area contributed by atoms with Crippen molar-refractivity contribution in [2.45, 2.75) is 18.9 Å². The topological polar surface area (TPSA) is 85.4 Å². The minimum atomic E-state index is -3.05. The van der Waals surface area contributed by atoms with Crippen molar-refractivity contribution in [1.29, 1.82) is 0 Å². The first-order valence-electron chi connectivity index (χ1n) is 8.06. The fourth-order valence-corrected chi connectivity index (χ4v) is 4.74. The maximum atomic E-state index is 12.0. The van der Waals surface area contributed by atoms with Crippen molar-refractivity contribution in [3.05, 3.63) is 52.0 Å². The van der Waals surface area contributed by atoms with Crippen LogP contribution in [0, 0.1) is 0 Å². The fraction of sp³-hybridized carbons (Fsp3) is 0.412. The monoisotopic (exact) mass is 380 g/mol. The molecule has 134 valence electrons. The maximum absolute atomic E-state index is 12.0. The SMILES string of the molecule is O=C(Cc1csc(Cc2ccccc2)n1)NC[C@@H]1CS(=O)(=O)CCO1. The molecule has 1 aromatic carbocycles. The van der Waals surface area contributed by atoms with Crippen LogP contribution in [0.5, 0.6) is 0 Å². The van der Waals surface area contributed by atoms with Gasteiger partial charge in [0.1, 0.15) is 0 Å². The lowest BCUT2D eigenvalue weighted by atomic mass is 10.2. The largest absolute Gasteiger partial charge is 0.374 e. The molecule has 0 unspecified atom stereocenters. The molecule has 0 radical (unpaired) electrons. The number of aromatic nitrogens is 1. The number of nitrogens with one attached hydrogen (secondary N) is 1. The molecule has 1 aliphatic heterocycles. The Morgan fingerprint density at radius 2 is 2.12 bits per heavy atom. The highest BCUT2D eigenvalue weighted by atomic mass is 32.2. The van der Waals surface area contributed by atoms with Crippen molar-refractivity contribution in [3.8, 4) is 0 Å². The number of hydrogen-bond acceptors (Lipinski definition) is 6. The zero-order chi connectivity index (χ0) is 17.7. The standard InChI is InChI=1S/C17H20N2O4S2/c20-16(18-10-15-12-25(21,22)7-6-23-15)9-14-11-24-17(19-14)8-13-4-2-1-3-5-13/h1-5,11,15H,6-10,12H2,(H,18,20)/t15-/m1/s1. The van der Waals surface area contributed by atoms with Gasteiger partial charge in [-0.2, -0.15) is 0 Å². The molecule has 6 nitrogen and oxygen atoms in total. The third-order valence-corrected chi connectivity index (χ3v) is 6.42. The van der Waals surface area contributed by atoms with Gasteiger partial charge in [-0.1, -0.05) is 30.3 Å². The Labute approximate surface area is 151 Å². The Hall–Kier alpha value is -1.77. The molecule has 25 heavy (non-hydrogen) atoms. The van der Waals surface area contributed by atoms with Crippen molar-refractivity contribution < 1.29 is 17.9 Å². The predicted molar refractivity (Wildman–Crippen MR) is 96.5 cm³/mol. The van der Waals surface area contributed by atoms with E-state index in [1.807, 2.05) is 35.7 Å². The first kappa shape index (κ1) is 18.0. The van der Waals surface area contributed by atoms with Crippen LogP contribution in [0.3, 0.4) is 0 Å². The van der Waals surface area contributed by atoms with Crippen LogP contribution in [0.15, 0.2) is 35.7 Å². The normalized spacial score (nSPS) is 19.4. The van der Waals surface area contributed by atoms with E-state index >= 15 is 0 Å². The highest BCUT2D eigenvalue weighted by molar-refractivity contribution is 7.91. The molecule has 1 amide bonds. The Morgan fingerprint density at radius 1 is 1.32 bits per heavy atom. The Kier molecular flexibility index (Phi) is 5.82. The summed E-state index contributed by atoms with van der Waals surface area (Å²) < 4.78 is 28.5. The van der Waals surface area contributed by atoms with Crippen LogP contribution in [0.4, 0.5) is 0 Å². The summed E-state index contributed by atoms with van der Waals surface area (Å²) >= 11 is 1.54. The molecule has 0 bridgehead atoms. The van der Waals surface area contributed by atoms with Gasteiger partial charge in [-0.25, -0.2) is 13.4 Å². The highest BCUT2D eigenvalue weighted by Crippen LogP contribution is 2.15. The van der Waals surface area contributed by atoms with Crippen LogP contribution in [-0.2, 0) is 32.2 Å². The number of hydrogen-bond donors (Lipinski definition) is 1. The molecule has 1 aliphatic rings. The van der Waals surface area contributed by atoms with E-state index in [0.29, 0.717) is 0 Å². The van der Waals surface area contributed by atoms with Crippen molar-refractivity contribution in [2.75, 3.05) is 24.7 Å². The summed E-state index contributed by atoms with van der Waals surface area (Å²) in [6, 6.07) is 10.1. The van der Waals surface area contributed by atoms with Crippen molar-refractivity contribution in [2.24, 2.45) is 0 Å². The molecule has 2 aromatic rings. The molecule has 1 fully saturated rings.